The fourth-order valence-electron chi connectivity index (χ4n) is 3.72. The third kappa shape index (κ3) is 4.17. The largest absolute Gasteiger partial charge is 0.444 e. The van der Waals surface area contributed by atoms with Gasteiger partial charge in [0.25, 0.3) is 0 Å². The maximum atomic E-state index is 12.2. The number of rotatable bonds is 3. The summed E-state index contributed by atoms with van der Waals surface area (Å²) in [6, 6.07) is 0. The molecule has 0 atom stereocenters. The molecule has 6 nitrogen and oxygen atoms in total. The van der Waals surface area contributed by atoms with Crippen LogP contribution in [-0.2, 0) is 29.0 Å². The molecule has 2 aliphatic rings. The number of ether oxygens (including phenoxy) is 2. The van der Waals surface area contributed by atoms with Crippen molar-refractivity contribution in [1.29, 1.82) is 0 Å². The van der Waals surface area contributed by atoms with Crippen molar-refractivity contribution in [1.82, 2.24) is 14.7 Å². The Morgan fingerprint density at radius 1 is 1.32 bits per heavy atom. The normalized spacial score (nSPS) is 19.0. The molecule has 1 fully saturated rings. The highest BCUT2D eigenvalue weighted by molar-refractivity contribution is 5.68. The highest BCUT2D eigenvalue weighted by Crippen LogP contribution is 2.33. The topological polar surface area (TPSA) is 56.6 Å². The molecule has 0 radical (unpaired) electrons. The van der Waals surface area contributed by atoms with Crippen LogP contribution in [0.5, 0.6) is 0 Å². The molecule has 0 aromatic carbocycles. The molecule has 140 valence electrons. The molecule has 1 aromatic heterocycles. The van der Waals surface area contributed by atoms with Gasteiger partial charge in [-0.2, -0.15) is 5.10 Å². The molecule has 3 rings (SSSR count). The van der Waals surface area contributed by atoms with E-state index >= 15 is 0 Å². The number of aromatic nitrogens is 2. The van der Waals surface area contributed by atoms with Gasteiger partial charge in [0.1, 0.15) is 5.60 Å². The van der Waals surface area contributed by atoms with Crippen LogP contribution in [0, 0.1) is 0 Å². The molecule has 0 unspecified atom stereocenters. The molecule has 2 aliphatic heterocycles. The van der Waals surface area contributed by atoms with Crippen molar-refractivity contribution >= 4 is 6.09 Å². The van der Waals surface area contributed by atoms with Crippen molar-refractivity contribution in [3.63, 3.8) is 0 Å². The maximum Gasteiger partial charge on any atom is 0.410 e. The third-order valence-corrected chi connectivity index (χ3v) is 4.90. The van der Waals surface area contributed by atoms with Crippen molar-refractivity contribution in [2.24, 2.45) is 0 Å². The number of nitrogens with zero attached hydrogens (tertiary/aromatic N) is 3. The van der Waals surface area contributed by atoms with Crippen molar-refractivity contribution < 1.29 is 14.3 Å². The summed E-state index contributed by atoms with van der Waals surface area (Å²) in [4.78, 5) is 14.1. The Morgan fingerprint density at radius 2 is 2.04 bits per heavy atom. The lowest BCUT2D eigenvalue weighted by Gasteiger charge is -2.33. The van der Waals surface area contributed by atoms with Gasteiger partial charge >= 0.3 is 6.09 Å². The van der Waals surface area contributed by atoms with Gasteiger partial charge < -0.3 is 14.4 Å². The van der Waals surface area contributed by atoms with E-state index in [4.69, 9.17) is 14.6 Å². The second kappa shape index (κ2) is 7.36. The van der Waals surface area contributed by atoms with Gasteiger partial charge in [-0.1, -0.05) is 6.92 Å². The van der Waals surface area contributed by atoms with Crippen LogP contribution in [0.3, 0.4) is 0 Å². The quantitative estimate of drug-likeness (QED) is 0.838. The van der Waals surface area contributed by atoms with Crippen molar-refractivity contribution in [3.05, 3.63) is 17.0 Å². The zero-order valence-electron chi connectivity index (χ0n) is 16.0. The average molecular weight is 349 g/mol. The van der Waals surface area contributed by atoms with Crippen LogP contribution < -0.4 is 0 Å². The molecular formula is C19H31N3O3. The SMILES string of the molecule is CCCn1nc(C2CCN(C(=O)OC(C)(C)C)CC2)c2c1CCOC2. The minimum atomic E-state index is -0.441. The first-order valence-electron chi connectivity index (χ1n) is 9.53. The van der Waals surface area contributed by atoms with Gasteiger partial charge in [-0.25, -0.2) is 4.79 Å². The van der Waals surface area contributed by atoms with Crippen molar-refractivity contribution in [2.75, 3.05) is 19.7 Å². The van der Waals surface area contributed by atoms with E-state index in [0.29, 0.717) is 12.5 Å². The minimum absolute atomic E-state index is 0.201. The first-order chi connectivity index (χ1) is 11.9. The molecule has 6 heteroatoms. The molecule has 1 amide bonds. The van der Waals surface area contributed by atoms with E-state index in [0.717, 1.165) is 51.9 Å². The van der Waals surface area contributed by atoms with Gasteiger partial charge in [0.05, 0.1) is 18.9 Å². The smallest absolute Gasteiger partial charge is 0.410 e. The van der Waals surface area contributed by atoms with Crippen molar-refractivity contribution in [3.8, 4) is 0 Å². The van der Waals surface area contributed by atoms with Gasteiger partial charge in [-0.15, -0.1) is 0 Å². The number of carbonyl (C=O) groups excluding carboxylic acids is 1. The summed E-state index contributed by atoms with van der Waals surface area (Å²) in [7, 11) is 0. The van der Waals surface area contributed by atoms with E-state index < -0.39 is 5.60 Å². The van der Waals surface area contributed by atoms with Crippen LogP contribution in [-0.4, -0.2) is 46.1 Å². The number of amides is 1. The lowest BCUT2D eigenvalue weighted by Crippen LogP contribution is -2.41. The summed E-state index contributed by atoms with van der Waals surface area (Å²) >= 11 is 0. The summed E-state index contributed by atoms with van der Waals surface area (Å²) in [5.41, 5.74) is 3.42. The molecule has 0 spiro atoms. The summed E-state index contributed by atoms with van der Waals surface area (Å²) in [6.45, 7) is 11.8. The fourth-order valence-corrected chi connectivity index (χ4v) is 3.72. The Bertz CT molecular complexity index is 610. The van der Waals surface area contributed by atoms with Crippen LogP contribution in [0.25, 0.3) is 0 Å². The first kappa shape index (κ1) is 18.2. The molecule has 25 heavy (non-hydrogen) atoms. The Kier molecular flexibility index (Phi) is 5.37. The van der Waals surface area contributed by atoms with Crippen LogP contribution in [0.15, 0.2) is 0 Å². The summed E-state index contributed by atoms with van der Waals surface area (Å²) < 4.78 is 13.4. The molecular weight excluding hydrogens is 318 g/mol. The van der Waals surface area contributed by atoms with Gasteiger partial charge in [-0.3, -0.25) is 4.68 Å². The lowest BCUT2D eigenvalue weighted by molar-refractivity contribution is 0.0203. The number of hydrogen-bond acceptors (Lipinski definition) is 4. The van der Waals surface area contributed by atoms with E-state index in [1.54, 1.807) is 0 Å². The van der Waals surface area contributed by atoms with E-state index in [-0.39, 0.29) is 6.09 Å². The number of fused-ring (bicyclic) bond motifs is 1. The highest BCUT2D eigenvalue weighted by Gasteiger charge is 2.31. The highest BCUT2D eigenvalue weighted by atomic mass is 16.6. The molecule has 0 saturated carbocycles. The fraction of sp³-hybridized carbons (Fsp3) is 0.789. The lowest BCUT2D eigenvalue weighted by atomic mass is 9.90. The van der Waals surface area contributed by atoms with Gasteiger partial charge in [0.15, 0.2) is 0 Å². The number of aryl methyl sites for hydroxylation is 1. The molecule has 0 aliphatic carbocycles. The Labute approximate surface area is 150 Å². The van der Waals surface area contributed by atoms with E-state index in [1.807, 2.05) is 25.7 Å². The molecule has 3 heterocycles. The number of likely N-dealkylation sites (tertiary alicyclic amines) is 1. The number of hydrogen-bond donors (Lipinski definition) is 0. The second-order valence-electron chi connectivity index (χ2n) is 8.08. The Morgan fingerprint density at radius 3 is 2.68 bits per heavy atom. The van der Waals surface area contributed by atoms with Crippen LogP contribution in [0.4, 0.5) is 4.79 Å². The van der Waals surface area contributed by atoms with Crippen LogP contribution in [0.1, 0.15) is 69.8 Å². The molecule has 0 N–H and O–H groups in total. The summed E-state index contributed by atoms with van der Waals surface area (Å²) in [5.74, 6) is 0.409. The Hall–Kier alpha value is -1.56. The standard InChI is InChI=1S/C19H31N3O3/c1-5-9-22-16-8-12-24-13-15(16)17(20-22)14-6-10-21(11-7-14)18(23)25-19(2,3)4/h14H,5-13H2,1-4H3. The number of carbonyl (C=O) groups is 1. The number of piperidine rings is 1. The van der Waals surface area contributed by atoms with Crippen LogP contribution in [0.2, 0.25) is 0 Å². The van der Waals surface area contributed by atoms with Crippen molar-refractivity contribution in [2.45, 2.75) is 78.0 Å². The van der Waals surface area contributed by atoms with Gasteiger partial charge in [-0.05, 0) is 40.0 Å². The zero-order chi connectivity index (χ0) is 18.0. The maximum absolute atomic E-state index is 12.2. The monoisotopic (exact) mass is 349 g/mol. The van der Waals surface area contributed by atoms with E-state index in [2.05, 4.69) is 11.6 Å². The van der Waals surface area contributed by atoms with Crippen LogP contribution >= 0.6 is 0 Å². The molecule has 1 saturated heterocycles. The average Bonchev–Trinajstić information content (AvgIpc) is 2.93. The summed E-state index contributed by atoms with van der Waals surface area (Å²) in [5, 5.41) is 4.94. The van der Waals surface area contributed by atoms with Gasteiger partial charge in [0.2, 0.25) is 0 Å². The minimum Gasteiger partial charge on any atom is -0.444 e. The predicted molar refractivity (Wildman–Crippen MR) is 95.7 cm³/mol. The van der Waals surface area contributed by atoms with E-state index in [1.165, 1.54) is 17.0 Å². The third-order valence-electron chi connectivity index (χ3n) is 4.90. The summed E-state index contributed by atoms with van der Waals surface area (Å²) in [6.07, 6.45) is 3.72. The zero-order valence-corrected chi connectivity index (χ0v) is 16.0. The van der Waals surface area contributed by atoms with Gasteiger partial charge in [0, 0.05) is 43.2 Å². The predicted octanol–water partition coefficient (Wildman–Crippen LogP) is 3.48. The Balaban J connectivity index is 1.68. The first-order valence-corrected chi connectivity index (χ1v) is 9.53. The molecule has 0 bridgehead atoms. The molecule has 1 aromatic rings. The second-order valence-corrected chi connectivity index (χ2v) is 8.08. The van der Waals surface area contributed by atoms with E-state index in [9.17, 15) is 4.79 Å².